The van der Waals surface area contributed by atoms with Crippen molar-refractivity contribution in [2.24, 2.45) is 0 Å². The fourth-order valence-electron chi connectivity index (χ4n) is 5.74. The van der Waals surface area contributed by atoms with Crippen molar-refractivity contribution < 1.29 is 19.0 Å². The van der Waals surface area contributed by atoms with Gasteiger partial charge in [-0.15, -0.1) is 11.8 Å². The molecule has 1 amide bonds. The molecule has 3 heterocycles. The van der Waals surface area contributed by atoms with E-state index in [4.69, 9.17) is 19.2 Å². The number of benzene rings is 4. The highest BCUT2D eigenvalue weighted by molar-refractivity contribution is 8.00. The monoisotopic (exact) mass is 657 g/mol. The minimum absolute atomic E-state index is 0.0558. The van der Waals surface area contributed by atoms with E-state index >= 15 is 0 Å². The zero-order valence-electron chi connectivity index (χ0n) is 26.2. The molecule has 48 heavy (non-hydrogen) atoms. The molecule has 242 valence electrons. The molecule has 1 saturated heterocycles. The van der Waals surface area contributed by atoms with Crippen LogP contribution in [-0.4, -0.2) is 49.5 Å². The number of hydrogen-bond acceptors (Lipinski definition) is 8. The topological polar surface area (TPSA) is 100 Å². The quantitative estimate of drug-likeness (QED) is 0.141. The number of amides is 1. The first kappa shape index (κ1) is 31.7. The van der Waals surface area contributed by atoms with Crippen molar-refractivity contribution in [1.29, 1.82) is 0 Å². The highest BCUT2D eigenvalue weighted by Crippen LogP contribution is 2.47. The molecule has 9 nitrogen and oxygen atoms in total. The van der Waals surface area contributed by atoms with Gasteiger partial charge in [-0.2, -0.15) is 0 Å². The molecule has 10 heteroatoms. The van der Waals surface area contributed by atoms with Gasteiger partial charge in [0.15, 0.2) is 17.0 Å². The van der Waals surface area contributed by atoms with Gasteiger partial charge in [-0.25, -0.2) is 15.0 Å². The lowest BCUT2D eigenvalue weighted by atomic mass is 10.1. The van der Waals surface area contributed by atoms with E-state index in [1.807, 2.05) is 77.4 Å². The SMILES string of the molecule is O=C(Nc1ncnc2c1ncn2[C@@H]1S[C@H](COCc2ccccc2)[C@H](OCc2ccccc2)[C@H]1OCc1ccccc1)c1ccccc1. The number of imidazole rings is 1. The molecule has 0 unspecified atom stereocenters. The van der Waals surface area contributed by atoms with E-state index in [2.05, 4.69) is 51.7 Å². The van der Waals surface area contributed by atoms with Crippen LogP contribution in [0.15, 0.2) is 134 Å². The summed E-state index contributed by atoms with van der Waals surface area (Å²) in [5.74, 6) is 0.0754. The molecule has 4 aromatic carbocycles. The summed E-state index contributed by atoms with van der Waals surface area (Å²) in [7, 11) is 0. The Bertz CT molecular complexity index is 1910. The van der Waals surface area contributed by atoms with E-state index in [1.165, 1.54) is 6.33 Å². The summed E-state index contributed by atoms with van der Waals surface area (Å²) in [6.07, 6.45) is 2.51. The van der Waals surface area contributed by atoms with E-state index in [-0.39, 0.29) is 28.7 Å². The number of anilines is 1. The summed E-state index contributed by atoms with van der Waals surface area (Å²) in [4.78, 5) is 26.7. The predicted molar refractivity (Wildman–Crippen MR) is 186 cm³/mol. The number of carbonyl (C=O) groups is 1. The smallest absolute Gasteiger partial charge is 0.256 e. The van der Waals surface area contributed by atoms with Crippen LogP contribution in [0.5, 0.6) is 0 Å². The van der Waals surface area contributed by atoms with Crippen LogP contribution in [0.1, 0.15) is 32.4 Å². The number of nitrogens with one attached hydrogen (secondary N) is 1. The number of fused-ring (bicyclic) bond motifs is 1. The van der Waals surface area contributed by atoms with Gasteiger partial charge in [0.05, 0.1) is 38.0 Å². The molecule has 1 aliphatic heterocycles. The average molecular weight is 658 g/mol. The van der Waals surface area contributed by atoms with Crippen LogP contribution < -0.4 is 5.32 Å². The van der Waals surface area contributed by atoms with Crippen molar-refractivity contribution in [3.63, 3.8) is 0 Å². The lowest BCUT2D eigenvalue weighted by Gasteiger charge is -2.27. The maximum absolute atomic E-state index is 13.0. The first-order chi connectivity index (χ1) is 23.7. The summed E-state index contributed by atoms with van der Waals surface area (Å²) < 4.78 is 21.8. The van der Waals surface area contributed by atoms with Gasteiger partial charge in [0, 0.05) is 5.56 Å². The van der Waals surface area contributed by atoms with Crippen LogP contribution >= 0.6 is 11.8 Å². The summed E-state index contributed by atoms with van der Waals surface area (Å²) in [5.41, 5.74) is 4.87. The van der Waals surface area contributed by atoms with Gasteiger partial charge in [-0.1, -0.05) is 109 Å². The number of ether oxygens (including phenoxy) is 3. The van der Waals surface area contributed by atoms with Gasteiger partial charge >= 0.3 is 0 Å². The predicted octanol–water partition coefficient (Wildman–Crippen LogP) is 7.08. The van der Waals surface area contributed by atoms with Crippen molar-refractivity contribution in [3.05, 3.63) is 156 Å². The Labute approximate surface area is 283 Å². The summed E-state index contributed by atoms with van der Waals surface area (Å²) in [6, 6.07) is 39.4. The highest BCUT2D eigenvalue weighted by atomic mass is 32.2. The summed E-state index contributed by atoms with van der Waals surface area (Å²) in [5, 5.41) is 2.61. The zero-order valence-corrected chi connectivity index (χ0v) is 27.0. The maximum Gasteiger partial charge on any atom is 0.256 e. The van der Waals surface area contributed by atoms with E-state index in [1.54, 1.807) is 30.2 Å². The Morgan fingerprint density at radius 2 is 1.25 bits per heavy atom. The molecular weight excluding hydrogens is 623 g/mol. The molecule has 1 N–H and O–H groups in total. The Morgan fingerprint density at radius 1 is 0.688 bits per heavy atom. The van der Waals surface area contributed by atoms with E-state index < -0.39 is 0 Å². The maximum atomic E-state index is 13.0. The number of rotatable bonds is 13. The second-order valence-corrected chi connectivity index (χ2v) is 12.8. The molecule has 2 aromatic heterocycles. The number of hydrogen-bond donors (Lipinski definition) is 1. The Balaban J connectivity index is 1.19. The van der Waals surface area contributed by atoms with E-state index in [0.29, 0.717) is 49.0 Å². The minimum Gasteiger partial charge on any atom is -0.376 e. The Morgan fingerprint density at radius 3 is 1.88 bits per heavy atom. The third-order valence-corrected chi connectivity index (χ3v) is 9.68. The molecule has 7 rings (SSSR count). The van der Waals surface area contributed by atoms with Gasteiger partial charge in [0.1, 0.15) is 23.9 Å². The fraction of sp³-hybridized carbons (Fsp3) is 0.211. The van der Waals surface area contributed by atoms with E-state index in [9.17, 15) is 4.79 Å². The number of nitrogens with zero attached hydrogens (tertiary/aromatic N) is 4. The molecule has 1 aliphatic rings. The van der Waals surface area contributed by atoms with Crippen LogP contribution in [0, 0.1) is 0 Å². The van der Waals surface area contributed by atoms with E-state index in [0.717, 1.165) is 16.7 Å². The fourth-order valence-corrected chi connectivity index (χ4v) is 7.34. The molecule has 1 fully saturated rings. The number of carbonyl (C=O) groups excluding carboxylic acids is 1. The molecule has 6 aromatic rings. The van der Waals surface area contributed by atoms with Crippen molar-refractivity contribution in [3.8, 4) is 0 Å². The van der Waals surface area contributed by atoms with Crippen LogP contribution in [0.2, 0.25) is 0 Å². The Hall–Kier alpha value is -4.87. The van der Waals surface area contributed by atoms with Gasteiger partial charge in [-0.05, 0) is 28.8 Å². The summed E-state index contributed by atoms with van der Waals surface area (Å²) >= 11 is 1.72. The van der Waals surface area contributed by atoms with Gasteiger partial charge < -0.3 is 19.5 Å². The standard InChI is InChI=1S/C38H35N5O4S/c44-37(30-19-11-4-12-20-30)42-35-32-36(40-25-39-35)43(26-41-32)38-34(47-23-29-17-9-3-10-18-29)33(46-22-28-15-7-2-8-16-28)31(48-38)24-45-21-27-13-5-1-6-14-27/h1-20,25-26,31,33-34,38H,21-24H2,(H,39,40,42,44)/t31-,33+,34-,38-/m1/s1. The second kappa shape index (κ2) is 15.4. The van der Waals surface area contributed by atoms with Crippen LogP contribution in [0.4, 0.5) is 5.82 Å². The average Bonchev–Trinajstić information content (AvgIpc) is 3.73. The Kier molecular flexibility index (Phi) is 10.1. The molecule has 0 bridgehead atoms. The normalized spacial score (nSPS) is 19.0. The molecule has 0 radical (unpaired) electrons. The largest absolute Gasteiger partial charge is 0.376 e. The first-order valence-electron chi connectivity index (χ1n) is 15.8. The van der Waals surface area contributed by atoms with Crippen LogP contribution in [0.25, 0.3) is 11.2 Å². The van der Waals surface area contributed by atoms with Crippen molar-refractivity contribution in [1.82, 2.24) is 19.5 Å². The van der Waals surface area contributed by atoms with Crippen LogP contribution in [0.3, 0.4) is 0 Å². The molecule has 4 atom stereocenters. The lowest BCUT2D eigenvalue weighted by molar-refractivity contribution is -0.0913. The molecular formula is C38H35N5O4S. The molecule has 0 spiro atoms. The third-order valence-electron chi connectivity index (χ3n) is 8.15. The molecule has 0 aliphatic carbocycles. The lowest BCUT2D eigenvalue weighted by Crippen LogP contribution is -2.38. The number of thioether (sulfide) groups is 1. The minimum atomic E-state index is -0.376. The zero-order chi connectivity index (χ0) is 32.5. The van der Waals surface area contributed by atoms with Gasteiger partial charge in [0.25, 0.3) is 5.91 Å². The molecule has 0 saturated carbocycles. The third kappa shape index (κ3) is 7.48. The van der Waals surface area contributed by atoms with Gasteiger partial charge in [0.2, 0.25) is 0 Å². The van der Waals surface area contributed by atoms with Gasteiger partial charge in [-0.3, -0.25) is 9.36 Å². The number of aromatic nitrogens is 4. The first-order valence-corrected chi connectivity index (χ1v) is 16.8. The van der Waals surface area contributed by atoms with Crippen molar-refractivity contribution >= 4 is 34.7 Å². The van der Waals surface area contributed by atoms with Crippen molar-refractivity contribution in [2.75, 3.05) is 11.9 Å². The summed E-state index contributed by atoms with van der Waals surface area (Å²) in [6.45, 7) is 1.79. The highest BCUT2D eigenvalue weighted by Gasteiger charge is 2.47. The van der Waals surface area contributed by atoms with Crippen molar-refractivity contribution in [2.45, 2.75) is 42.7 Å². The second-order valence-electron chi connectivity index (χ2n) is 11.5. The van der Waals surface area contributed by atoms with Crippen LogP contribution in [-0.2, 0) is 34.0 Å².